The van der Waals surface area contributed by atoms with Crippen molar-refractivity contribution in [3.63, 3.8) is 0 Å². The second-order valence-electron chi connectivity index (χ2n) is 5.67. The van der Waals surface area contributed by atoms with Crippen molar-refractivity contribution in [3.8, 4) is 0 Å². The van der Waals surface area contributed by atoms with Gasteiger partial charge in [-0.3, -0.25) is 9.69 Å². The summed E-state index contributed by atoms with van der Waals surface area (Å²) in [6.07, 6.45) is 2.33. The zero-order valence-corrected chi connectivity index (χ0v) is 10.7. The smallest absolute Gasteiger partial charge is 0.240 e. The van der Waals surface area contributed by atoms with E-state index in [1.807, 2.05) is 13.8 Å². The summed E-state index contributed by atoms with van der Waals surface area (Å²) in [6.45, 7) is 12.3. The van der Waals surface area contributed by atoms with Crippen LogP contribution in [0.5, 0.6) is 0 Å². The van der Waals surface area contributed by atoms with E-state index in [1.54, 1.807) is 0 Å². The molecule has 0 aromatic heterocycles. The highest BCUT2D eigenvalue weighted by atomic mass is 16.2. The first-order valence-electron chi connectivity index (χ1n) is 5.87. The average molecular weight is 212 g/mol. The van der Waals surface area contributed by atoms with Gasteiger partial charge < -0.3 is 5.32 Å². The number of piperazine rings is 1. The Morgan fingerprint density at radius 3 is 2.47 bits per heavy atom. The van der Waals surface area contributed by atoms with E-state index in [2.05, 4.69) is 31.0 Å². The molecule has 3 nitrogen and oxygen atoms in total. The minimum absolute atomic E-state index is 0.0969. The third kappa shape index (κ3) is 2.71. The van der Waals surface area contributed by atoms with Crippen LogP contribution in [0.4, 0.5) is 0 Å². The molecule has 1 saturated heterocycles. The lowest BCUT2D eigenvalue weighted by molar-refractivity contribution is -0.139. The van der Waals surface area contributed by atoms with Crippen LogP contribution >= 0.6 is 0 Å². The van der Waals surface area contributed by atoms with Crippen LogP contribution in [0.1, 0.15) is 47.5 Å². The molecule has 0 saturated carbocycles. The first kappa shape index (κ1) is 12.5. The molecule has 1 fully saturated rings. The van der Waals surface area contributed by atoms with E-state index >= 15 is 0 Å². The summed E-state index contributed by atoms with van der Waals surface area (Å²) in [5.74, 6) is 0.148. The van der Waals surface area contributed by atoms with Crippen molar-refractivity contribution in [2.75, 3.05) is 13.1 Å². The summed E-state index contributed by atoms with van der Waals surface area (Å²) in [5.41, 5.74) is -0.453. The van der Waals surface area contributed by atoms with Gasteiger partial charge in [-0.25, -0.2) is 0 Å². The van der Waals surface area contributed by atoms with Crippen LogP contribution in [0, 0.1) is 0 Å². The summed E-state index contributed by atoms with van der Waals surface area (Å²) >= 11 is 0. The molecule has 0 unspecified atom stereocenters. The molecule has 1 rings (SSSR count). The van der Waals surface area contributed by atoms with Crippen molar-refractivity contribution in [3.05, 3.63) is 0 Å². The number of carbonyl (C=O) groups excluding carboxylic acids is 1. The van der Waals surface area contributed by atoms with Crippen molar-refractivity contribution in [2.45, 2.75) is 58.5 Å². The Balaban J connectivity index is 2.76. The average Bonchev–Trinajstić information content (AvgIpc) is 2.09. The highest BCUT2D eigenvalue weighted by molar-refractivity contribution is 5.86. The quantitative estimate of drug-likeness (QED) is 0.773. The molecule has 0 atom stereocenters. The molecular weight excluding hydrogens is 188 g/mol. The molecule has 0 bridgehead atoms. The molecule has 1 amide bonds. The van der Waals surface area contributed by atoms with Gasteiger partial charge in [0.2, 0.25) is 5.91 Å². The first-order chi connectivity index (χ1) is 6.79. The van der Waals surface area contributed by atoms with E-state index in [4.69, 9.17) is 0 Å². The summed E-state index contributed by atoms with van der Waals surface area (Å²) in [7, 11) is 0. The van der Waals surface area contributed by atoms with Gasteiger partial charge in [-0.05, 0) is 40.7 Å². The SMILES string of the molecule is CCCCN1CC(C)(C)NC(=O)C1(C)C. The number of unbranched alkanes of at least 4 members (excludes halogenated alkanes) is 1. The van der Waals surface area contributed by atoms with E-state index in [1.165, 1.54) is 6.42 Å². The van der Waals surface area contributed by atoms with E-state index in [9.17, 15) is 4.79 Å². The molecule has 15 heavy (non-hydrogen) atoms. The van der Waals surface area contributed by atoms with E-state index < -0.39 is 0 Å². The van der Waals surface area contributed by atoms with Crippen molar-refractivity contribution in [2.24, 2.45) is 0 Å². The molecule has 0 radical (unpaired) electrons. The molecule has 0 aromatic rings. The fraction of sp³-hybridized carbons (Fsp3) is 0.917. The van der Waals surface area contributed by atoms with Gasteiger partial charge in [0.15, 0.2) is 0 Å². The summed E-state index contributed by atoms with van der Waals surface area (Å²) in [4.78, 5) is 14.3. The number of nitrogens with zero attached hydrogens (tertiary/aromatic N) is 1. The normalized spacial score (nSPS) is 25.0. The van der Waals surface area contributed by atoms with E-state index in [0.29, 0.717) is 0 Å². The lowest BCUT2D eigenvalue weighted by atomic mass is 9.90. The number of rotatable bonds is 3. The Bertz CT molecular complexity index is 246. The number of carbonyl (C=O) groups is 1. The molecule has 0 aliphatic carbocycles. The summed E-state index contributed by atoms with van der Waals surface area (Å²) < 4.78 is 0. The maximum absolute atomic E-state index is 12.0. The second kappa shape index (κ2) is 4.12. The molecule has 3 heteroatoms. The molecule has 0 spiro atoms. The maximum atomic E-state index is 12.0. The van der Waals surface area contributed by atoms with Crippen LogP contribution < -0.4 is 5.32 Å². The molecule has 0 aromatic carbocycles. The number of nitrogens with one attached hydrogen (secondary N) is 1. The molecule has 1 aliphatic rings. The van der Waals surface area contributed by atoms with Crippen molar-refractivity contribution < 1.29 is 4.79 Å². The van der Waals surface area contributed by atoms with Gasteiger partial charge in [-0.15, -0.1) is 0 Å². The van der Waals surface area contributed by atoms with Gasteiger partial charge in [0.25, 0.3) is 0 Å². The zero-order valence-electron chi connectivity index (χ0n) is 10.7. The molecule has 1 N–H and O–H groups in total. The van der Waals surface area contributed by atoms with E-state index in [0.717, 1.165) is 19.5 Å². The predicted molar refractivity (Wildman–Crippen MR) is 62.8 cm³/mol. The third-order valence-electron chi connectivity index (χ3n) is 3.17. The van der Waals surface area contributed by atoms with Crippen LogP contribution in [0.2, 0.25) is 0 Å². The third-order valence-corrected chi connectivity index (χ3v) is 3.17. The molecule has 88 valence electrons. The topological polar surface area (TPSA) is 32.3 Å². The summed E-state index contributed by atoms with van der Waals surface area (Å²) in [6, 6.07) is 0. The van der Waals surface area contributed by atoms with Gasteiger partial charge in [0.1, 0.15) is 0 Å². The van der Waals surface area contributed by atoms with Gasteiger partial charge in [0, 0.05) is 12.1 Å². The Morgan fingerprint density at radius 2 is 1.93 bits per heavy atom. The zero-order chi connectivity index (χ0) is 11.7. The van der Waals surface area contributed by atoms with Crippen LogP contribution in [0.25, 0.3) is 0 Å². The maximum Gasteiger partial charge on any atom is 0.240 e. The minimum atomic E-state index is -0.356. The Hall–Kier alpha value is -0.570. The summed E-state index contributed by atoms with van der Waals surface area (Å²) in [5, 5.41) is 3.07. The number of hydrogen-bond acceptors (Lipinski definition) is 2. The first-order valence-corrected chi connectivity index (χ1v) is 5.87. The Morgan fingerprint density at radius 1 is 1.33 bits per heavy atom. The highest BCUT2D eigenvalue weighted by Crippen LogP contribution is 2.24. The van der Waals surface area contributed by atoms with Gasteiger partial charge in [-0.2, -0.15) is 0 Å². The van der Waals surface area contributed by atoms with Crippen LogP contribution in [-0.2, 0) is 4.79 Å². The fourth-order valence-corrected chi connectivity index (χ4v) is 2.03. The van der Waals surface area contributed by atoms with Crippen molar-refractivity contribution in [1.82, 2.24) is 10.2 Å². The van der Waals surface area contributed by atoms with Crippen molar-refractivity contribution >= 4 is 5.91 Å². The highest BCUT2D eigenvalue weighted by Gasteiger charge is 2.43. The standard InChI is InChI=1S/C12H24N2O/c1-6-7-8-14-9-11(2,3)13-10(15)12(14,4)5/h6-9H2,1-5H3,(H,13,15). The Kier molecular flexibility index (Phi) is 3.44. The van der Waals surface area contributed by atoms with Crippen LogP contribution in [-0.4, -0.2) is 35.0 Å². The number of amides is 1. The number of hydrogen-bond donors (Lipinski definition) is 1. The Labute approximate surface area is 93.2 Å². The fourth-order valence-electron chi connectivity index (χ4n) is 2.03. The predicted octanol–water partition coefficient (Wildman–Crippen LogP) is 1.78. The van der Waals surface area contributed by atoms with Crippen LogP contribution in [0.3, 0.4) is 0 Å². The lowest BCUT2D eigenvalue weighted by Gasteiger charge is -2.48. The monoisotopic (exact) mass is 212 g/mol. The van der Waals surface area contributed by atoms with E-state index in [-0.39, 0.29) is 17.0 Å². The molecule has 1 aliphatic heterocycles. The second-order valence-corrected chi connectivity index (χ2v) is 5.67. The largest absolute Gasteiger partial charge is 0.348 e. The minimum Gasteiger partial charge on any atom is -0.348 e. The van der Waals surface area contributed by atoms with Crippen molar-refractivity contribution in [1.29, 1.82) is 0 Å². The molecular formula is C12H24N2O. The van der Waals surface area contributed by atoms with Gasteiger partial charge in [-0.1, -0.05) is 13.3 Å². The lowest BCUT2D eigenvalue weighted by Crippen LogP contribution is -2.69. The van der Waals surface area contributed by atoms with Gasteiger partial charge >= 0.3 is 0 Å². The van der Waals surface area contributed by atoms with Crippen LogP contribution in [0.15, 0.2) is 0 Å². The van der Waals surface area contributed by atoms with Gasteiger partial charge in [0.05, 0.1) is 5.54 Å². The molecule has 1 heterocycles.